The maximum absolute atomic E-state index is 6.41. The summed E-state index contributed by atoms with van der Waals surface area (Å²) in [5.74, 6) is 2.19. The first-order valence-corrected chi connectivity index (χ1v) is 12.7. The number of fused-ring (bicyclic) bond motifs is 1. The van der Waals surface area contributed by atoms with Crippen molar-refractivity contribution in [2.24, 2.45) is 5.92 Å². The molecule has 1 N–H and O–H groups in total. The molecule has 1 heterocycles. The van der Waals surface area contributed by atoms with Crippen LogP contribution in [0, 0.1) is 5.92 Å². The standard InChI is InChI=1S/C28H31BrClNO/c1-3-20-8-6-10-23(17-20)31-15-5-4-9-21-18-22(29)13-14-25(21)27-16-19(2)24-11-7-12-26(30)28(24)32-27/h3,7,11-14,16,18,20,23,31H,1-2,4-6,8-10,15,17H2. The average Bonchev–Trinajstić information content (AvgIpc) is 2.80. The molecule has 2 aliphatic rings. The Bertz CT molecular complexity index is 1030. The molecule has 0 radical (unpaired) electrons. The van der Waals surface area contributed by atoms with Crippen molar-refractivity contribution in [1.82, 2.24) is 5.32 Å². The van der Waals surface area contributed by atoms with Gasteiger partial charge in [0.15, 0.2) is 5.75 Å². The average molecular weight is 513 g/mol. The van der Waals surface area contributed by atoms with Crippen molar-refractivity contribution in [3.8, 4) is 5.75 Å². The minimum Gasteiger partial charge on any atom is -0.454 e. The number of rotatable bonds is 8. The number of allylic oxidation sites excluding steroid dienone is 3. The number of aryl methyl sites for hydroxylation is 1. The summed E-state index contributed by atoms with van der Waals surface area (Å²) in [6.07, 6.45) is 12.6. The Morgan fingerprint density at radius 3 is 2.88 bits per heavy atom. The van der Waals surface area contributed by atoms with Crippen LogP contribution >= 0.6 is 27.5 Å². The van der Waals surface area contributed by atoms with Crippen LogP contribution in [0.5, 0.6) is 5.75 Å². The maximum Gasteiger partial charge on any atom is 0.153 e. The molecule has 0 amide bonds. The van der Waals surface area contributed by atoms with Gasteiger partial charge < -0.3 is 10.1 Å². The molecule has 2 aromatic rings. The number of hydrogen-bond acceptors (Lipinski definition) is 2. The van der Waals surface area contributed by atoms with Gasteiger partial charge in [-0.3, -0.25) is 0 Å². The van der Waals surface area contributed by atoms with Crippen molar-refractivity contribution in [1.29, 1.82) is 0 Å². The van der Waals surface area contributed by atoms with Crippen LogP contribution in [0.1, 0.15) is 55.2 Å². The van der Waals surface area contributed by atoms with Gasteiger partial charge in [-0.2, -0.15) is 0 Å². The number of ether oxygens (including phenoxy) is 1. The molecule has 1 aliphatic carbocycles. The summed E-state index contributed by atoms with van der Waals surface area (Å²) in [4.78, 5) is 0. The van der Waals surface area contributed by atoms with Crippen LogP contribution in [-0.4, -0.2) is 12.6 Å². The lowest BCUT2D eigenvalue weighted by Gasteiger charge is -2.28. The molecule has 32 heavy (non-hydrogen) atoms. The van der Waals surface area contributed by atoms with Crippen molar-refractivity contribution < 1.29 is 4.74 Å². The van der Waals surface area contributed by atoms with Gasteiger partial charge in [-0.05, 0) is 92.5 Å². The van der Waals surface area contributed by atoms with Gasteiger partial charge in [-0.15, -0.1) is 6.58 Å². The minimum atomic E-state index is 0.611. The van der Waals surface area contributed by atoms with E-state index in [2.05, 4.69) is 58.7 Å². The summed E-state index contributed by atoms with van der Waals surface area (Å²) in [5.41, 5.74) is 4.26. The molecule has 1 aliphatic heterocycles. The Labute approximate surface area is 205 Å². The second-order valence-electron chi connectivity index (χ2n) is 8.82. The highest BCUT2D eigenvalue weighted by atomic mass is 79.9. The predicted molar refractivity (Wildman–Crippen MR) is 140 cm³/mol. The van der Waals surface area contributed by atoms with E-state index in [1.54, 1.807) is 0 Å². The Balaban J connectivity index is 1.38. The highest BCUT2D eigenvalue weighted by Crippen LogP contribution is 2.41. The summed E-state index contributed by atoms with van der Waals surface area (Å²) in [7, 11) is 0. The van der Waals surface area contributed by atoms with Gasteiger partial charge in [-0.1, -0.05) is 58.7 Å². The first-order chi connectivity index (χ1) is 15.5. The predicted octanol–water partition coefficient (Wildman–Crippen LogP) is 8.21. The van der Waals surface area contributed by atoms with Crippen LogP contribution < -0.4 is 10.1 Å². The Hall–Kier alpha value is -1.81. The third kappa shape index (κ3) is 5.57. The van der Waals surface area contributed by atoms with Crippen LogP contribution in [-0.2, 0) is 6.42 Å². The maximum atomic E-state index is 6.41. The molecule has 0 bridgehead atoms. The molecule has 0 spiro atoms. The fourth-order valence-electron chi connectivity index (χ4n) is 4.76. The van der Waals surface area contributed by atoms with Gasteiger partial charge in [-0.25, -0.2) is 0 Å². The van der Waals surface area contributed by atoms with Crippen molar-refractivity contribution in [2.45, 2.75) is 51.0 Å². The first kappa shape index (κ1) is 23.4. The molecular weight excluding hydrogens is 482 g/mol. The minimum absolute atomic E-state index is 0.611. The number of para-hydroxylation sites is 1. The lowest BCUT2D eigenvalue weighted by atomic mass is 9.86. The lowest BCUT2D eigenvalue weighted by Crippen LogP contribution is -2.34. The summed E-state index contributed by atoms with van der Waals surface area (Å²) in [6, 6.07) is 12.8. The number of nitrogens with one attached hydrogen (secondary N) is 1. The molecule has 1 fully saturated rings. The van der Waals surface area contributed by atoms with E-state index < -0.39 is 0 Å². The van der Waals surface area contributed by atoms with E-state index in [-0.39, 0.29) is 0 Å². The van der Waals surface area contributed by atoms with E-state index in [9.17, 15) is 0 Å². The molecule has 2 nitrogen and oxygen atoms in total. The van der Waals surface area contributed by atoms with Crippen molar-refractivity contribution >= 4 is 38.9 Å². The van der Waals surface area contributed by atoms with Gasteiger partial charge in [0, 0.05) is 21.6 Å². The fraction of sp³-hybridized carbons (Fsp3) is 0.357. The molecular formula is C28H31BrClNO. The quantitative estimate of drug-likeness (QED) is 0.284. The van der Waals surface area contributed by atoms with Gasteiger partial charge >= 0.3 is 0 Å². The zero-order valence-electron chi connectivity index (χ0n) is 18.5. The number of hydrogen-bond donors (Lipinski definition) is 1. The second kappa shape index (κ2) is 10.9. The molecule has 168 valence electrons. The first-order valence-electron chi connectivity index (χ1n) is 11.6. The van der Waals surface area contributed by atoms with Gasteiger partial charge in [0.25, 0.3) is 0 Å². The summed E-state index contributed by atoms with van der Waals surface area (Å²) < 4.78 is 7.34. The molecule has 1 saturated carbocycles. The van der Waals surface area contributed by atoms with E-state index in [0.717, 1.165) is 52.7 Å². The summed E-state index contributed by atoms with van der Waals surface area (Å²) >= 11 is 10.1. The van der Waals surface area contributed by atoms with Crippen LogP contribution in [0.15, 0.2) is 66.2 Å². The van der Waals surface area contributed by atoms with E-state index in [0.29, 0.717) is 22.7 Å². The lowest BCUT2D eigenvalue weighted by molar-refractivity contribution is 0.322. The topological polar surface area (TPSA) is 21.3 Å². The molecule has 4 heteroatoms. The second-order valence-corrected chi connectivity index (χ2v) is 10.1. The zero-order chi connectivity index (χ0) is 22.5. The molecule has 0 aromatic heterocycles. The third-order valence-corrected chi connectivity index (χ3v) is 7.31. The zero-order valence-corrected chi connectivity index (χ0v) is 20.9. The van der Waals surface area contributed by atoms with Crippen LogP contribution in [0.2, 0.25) is 5.02 Å². The van der Waals surface area contributed by atoms with Crippen LogP contribution in [0.4, 0.5) is 0 Å². The molecule has 2 atom stereocenters. The summed E-state index contributed by atoms with van der Waals surface area (Å²) in [6.45, 7) is 9.27. The van der Waals surface area contributed by atoms with E-state index >= 15 is 0 Å². The van der Waals surface area contributed by atoms with Crippen molar-refractivity contribution in [3.63, 3.8) is 0 Å². The van der Waals surface area contributed by atoms with Crippen LogP contribution in [0.25, 0.3) is 11.3 Å². The van der Waals surface area contributed by atoms with Gasteiger partial charge in [0.1, 0.15) is 5.76 Å². The highest BCUT2D eigenvalue weighted by molar-refractivity contribution is 9.10. The largest absolute Gasteiger partial charge is 0.454 e. The number of benzene rings is 2. The Morgan fingerprint density at radius 1 is 1.16 bits per heavy atom. The van der Waals surface area contributed by atoms with Crippen molar-refractivity contribution in [2.75, 3.05) is 6.54 Å². The normalized spacial score (nSPS) is 20.3. The molecule has 2 unspecified atom stereocenters. The van der Waals surface area contributed by atoms with E-state index in [4.69, 9.17) is 16.3 Å². The van der Waals surface area contributed by atoms with Gasteiger partial charge in [0.2, 0.25) is 0 Å². The molecule has 4 rings (SSSR count). The van der Waals surface area contributed by atoms with Crippen LogP contribution in [0.3, 0.4) is 0 Å². The smallest absolute Gasteiger partial charge is 0.153 e. The van der Waals surface area contributed by atoms with Crippen molar-refractivity contribution in [3.05, 3.63) is 87.9 Å². The van der Waals surface area contributed by atoms with Gasteiger partial charge in [0.05, 0.1) is 5.02 Å². The monoisotopic (exact) mass is 511 g/mol. The summed E-state index contributed by atoms with van der Waals surface area (Å²) in [5, 5.41) is 4.38. The molecule has 0 saturated heterocycles. The number of unbranched alkanes of at least 4 members (excludes halogenated alkanes) is 1. The Kier molecular flexibility index (Phi) is 7.93. The van der Waals surface area contributed by atoms with E-state index in [1.165, 1.54) is 31.2 Å². The SMILES string of the molecule is C=CC1CCCC(NCCCCc2cc(Br)ccc2C2=CC(=C)c3cccc(Cl)c3O2)C1. The molecule has 2 aromatic carbocycles. The highest BCUT2D eigenvalue weighted by Gasteiger charge is 2.21. The number of halogens is 2. The Morgan fingerprint density at radius 2 is 2.03 bits per heavy atom. The third-order valence-electron chi connectivity index (χ3n) is 6.52. The fourth-order valence-corrected chi connectivity index (χ4v) is 5.38. The van der Waals surface area contributed by atoms with E-state index in [1.807, 2.05) is 24.3 Å².